The standard InChI is InChI=1S/C26H20F6N2O2/c1-16(17-6-3-2-4-7-17)33-22-15-23(18-8-5-9-21(14-18)36-26(30,31)32)34(24(22)35)20-12-10-19(11-13-20)25(27,28)29/h2-14,16,23H,15H2,1H3/t16-,23?/m1/s1. The second kappa shape index (κ2) is 9.67. The minimum Gasteiger partial charge on any atom is -0.406 e. The molecule has 2 atom stereocenters. The van der Waals surface area contributed by atoms with E-state index in [1.165, 1.54) is 17.0 Å². The molecule has 0 aliphatic carbocycles. The number of rotatable bonds is 5. The van der Waals surface area contributed by atoms with Crippen LogP contribution in [0.1, 0.15) is 42.1 Å². The molecular formula is C26H20F6N2O2. The van der Waals surface area contributed by atoms with Gasteiger partial charge in [-0.3, -0.25) is 14.7 Å². The number of hydrogen-bond donors (Lipinski definition) is 0. The molecule has 1 amide bonds. The van der Waals surface area contributed by atoms with E-state index in [9.17, 15) is 31.1 Å². The summed E-state index contributed by atoms with van der Waals surface area (Å²) in [4.78, 5) is 19.2. The Bertz CT molecular complexity index is 1250. The van der Waals surface area contributed by atoms with Crippen molar-refractivity contribution in [2.24, 2.45) is 4.99 Å². The summed E-state index contributed by atoms with van der Waals surface area (Å²) in [5.74, 6) is -1.01. The fraction of sp³-hybridized carbons (Fsp3) is 0.231. The zero-order valence-corrected chi connectivity index (χ0v) is 18.8. The number of amides is 1. The highest BCUT2D eigenvalue weighted by molar-refractivity contribution is 6.46. The van der Waals surface area contributed by atoms with E-state index in [1.807, 2.05) is 30.3 Å². The Kier molecular flexibility index (Phi) is 6.79. The number of anilines is 1. The maximum atomic E-state index is 13.4. The first-order chi connectivity index (χ1) is 16.9. The summed E-state index contributed by atoms with van der Waals surface area (Å²) in [7, 11) is 0. The third kappa shape index (κ3) is 5.69. The number of benzene rings is 3. The number of carbonyl (C=O) groups is 1. The van der Waals surface area contributed by atoms with Crippen LogP contribution in [-0.4, -0.2) is 18.0 Å². The van der Waals surface area contributed by atoms with E-state index in [0.717, 1.165) is 42.0 Å². The van der Waals surface area contributed by atoms with Gasteiger partial charge in [-0.2, -0.15) is 13.2 Å². The average Bonchev–Trinajstić information content (AvgIpc) is 3.14. The van der Waals surface area contributed by atoms with Crippen LogP contribution in [0.3, 0.4) is 0 Å². The Morgan fingerprint density at radius 1 is 0.917 bits per heavy atom. The Morgan fingerprint density at radius 3 is 2.19 bits per heavy atom. The lowest BCUT2D eigenvalue weighted by atomic mass is 10.0. The van der Waals surface area contributed by atoms with Crippen molar-refractivity contribution in [1.82, 2.24) is 0 Å². The van der Waals surface area contributed by atoms with Crippen LogP contribution in [0.25, 0.3) is 0 Å². The van der Waals surface area contributed by atoms with Gasteiger partial charge in [0.1, 0.15) is 11.5 Å². The molecule has 0 bridgehead atoms. The Balaban J connectivity index is 1.73. The molecule has 0 saturated carbocycles. The monoisotopic (exact) mass is 506 g/mol. The highest BCUT2D eigenvalue weighted by Crippen LogP contribution is 2.39. The lowest BCUT2D eigenvalue weighted by molar-refractivity contribution is -0.274. The fourth-order valence-electron chi connectivity index (χ4n) is 4.08. The van der Waals surface area contributed by atoms with E-state index in [4.69, 9.17) is 0 Å². The summed E-state index contributed by atoms with van der Waals surface area (Å²) in [5.41, 5.74) is 0.614. The van der Waals surface area contributed by atoms with Gasteiger partial charge in [0.2, 0.25) is 0 Å². The molecule has 1 heterocycles. The third-order valence-corrected chi connectivity index (χ3v) is 5.74. The highest BCUT2D eigenvalue weighted by Gasteiger charge is 2.40. The van der Waals surface area contributed by atoms with Crippen molar-refractivity contribution in [3.63, 3.8) is 0 Å². The normalized spacial score (nSPS) is 18.5. The smallest absolute Gasteiger partial charge is 0.406 e. The van der Waals surface area contributed by atoms with Gasteiger partial charge in [0.25, 0.3) is 5.91 Å². The SMILES string of the molecule is C[C@@H](N=C1CC(c2cccc(OC(F)(F)F)c2)N(c2ccc(C(F)(F)F)cc2)C1=O)c1ccccc1. The van der Waals surface area contributed by atoms with Crippen molar-refractivity contribution in [3.05, 3.63) is 95.6 Å². The average molecular weight is 506 g/mol. The minimum absolute atomic E-state index is 0.0481. The fourth-order valence-corrected chi connectivity index (χ4v) is 4.08. The Labute approximate surface area is 202 Å². The molecule has 3 aromatic carbocycles. The third-order valence-electron chi connectivity index (χ3n) is 5.74. The summed E-state index contributed by atoms with van der Waals surface area (Å²) in [5, 5.41) is 0. The van der Waals surface area contributed by atoms with Gasteiger partial charge in [-0.25, -0.2) is 0 Å². The number of hydrogen-bond acceptors (Lipinski definition) is 3. The highest BCUT2D eigenvalue weighted by atomic mass is 19.4. The molecule has 1 aliphatic rings. The van der Waals surface area contributed by atoms with E-state index >= 15 is 0 Å². The number of carbonyl (C=O) groups excluding carboxylic acids is 1. The lowest BCUT2D eigenvalue weighted by Crippen LogP contribution is -2.29. The zero-order chi connectivity index (χ0) is 26.1. The van der Waals surface area contributed by atoms with Gasteiger partial charge in [-0.15, -0.1) is 13.2 Å². The van der Waals surface area contributed by atoms with E-state index in [2.05, 4.69) is 9.73 Å². The van der Waals surface area contributed by atoms with E-state index in [-0.39, 0.29) is 17.8 Å². The molecule has 3 aromatic rings. The van der Waals surface area contributed by atoms with E-state index in [1.54, 1.807) is 6.92 Å². The second-order valence-corrected chi connectivity index (χ2v) is 8.22. The molecule has 1 saturated heterocycles. The summed E-state index contributed by atoms with van der Waals surface area (Å²) in [6.07, 6.45) is -9.42. The maximum absolute atomic E-state index is 13.4. The number of ether oxygens (including phenoxy) is 1. The van der Waals surface area contributed by atoms with Crippen LogP contribution < -0.4 is 9.64 Å². The maximum Gasteiger partial charge on any atom is 0.573 e. The molecule has 1 aliphatic heterocycles. The van der Waals surface area contributed by atoms with Crippen molar-refractivity contribution in [1.29, 1.82) is 0 Å². The topological polar surface area (TPSA) is 41.9 Å². The number of aliphatic imine (C=N–C) groups is 1. The van der Waals surface area contributed by atoms with Gasteiger partial charge in [0.15, 0.2) is 0 Å². The van der Waals surface area contributed by atoms with Crippen LogP contribution in [0.4, 0.5) is 32.0 Å². The van der Waals surface area contributed by atoms with Gasteiger partial charge in [0, 0.05) is 12.1 Å². The molecular weight excluding hydrogens is 486 g/mol. The molecule has 4 rings (SSSR count). The predicted octanol–water partition coefficient (Wildman–Crippen LogP) is 7.28. The summed E-state index contributed by atoms with van der Waals surface area (Å²) in [6, 6.07) is 17.2. The molecule has 0 aromatic heterocycles. The zero-order valence-electron chi connectivity index (χ0n) is 18.8. The number of alkyl halides is 6. The molecule has 188 valence electrons. The first-order valence-electron chi connectivity index (χ1n) is 10.9. The summed E-state index contributed by atoms with van der Waals surface area (Å²) >= 11 is 0. The summed E-state index contributed by atoms with van der Waals surface area (Å²) in [6.45, 7) is 1.79. The van der Waals surface area contributed by atoms with Crippen LogP contribution in [0, 0.1) is 0 Å². The van der Waals surface area contributed by atoms with E-state index in [0.29, 0.717) is 5.56 Å². The van der Waals surface area contributed by atoms with Crippen molar-refractivity contribution in [3.8, 4) is 5.75 Å². The largest absolute Gasteiger partial charge is 0.573 e. The Morgan fingerprint density at radius 2 is 1.58 bits per heavy atom. The number of halogens is 6. The van der Waals surface area contributed by atoms with Crippen LogP contribution in [0.15, 0.2) is 83.9 Å². The first-order valence-corrected chi connectivity index (χ1v) is 10.9. The van der Waals surface area contributed by atoms with Crippen LogP contribution >= 0.6 is 0 Å². The van der Waals surface area contributed by atoms with Crippen molar-refractivity contribution >= 4 is 17.3 Å². The van der Waals surface area contributed by atoms with Crippen molar-refractivity contribution in [2.45, 2.75) is 38.0 Å². The minimum atomic E-state index is -4.91. The molecule has 1 fully saturated rings. The molecule has 10 heteroatoms. The van der Waals surface area contributed by atoms with Gasteiger partial charge in [0.05, 0.1) is 17.6 Å². The molecule has 0 N–H and O–H groups in total. The second-order valence-electron chi connectivity index (χ2n) is 8.22. The van der Waals surface area contributed by atoms with Gasteiger partial charge in [-0.05, 0) is 54.4 Å². The molecule has 0 spiro atoms. The van der Waals surface area contributed by atoms with Crippen molar-refractivity contribution in [2.75, 3.05) is 4.90 Å². The molecule has 4 nitrogen and oxygen atoms in total. The predicted molar refractivity (Wildman–Crippen MR) is 122 cm³/mol. The Hall–Kier alpha value is -3.82. The lowest BCUT2D eigenvalue weighted by Gasteiger charge is -2.25. The van der Waals surface area contributed by atoms with Gasteiger partial charge in [-0.1, -0.05) is 42.5 Å². The quantitative estimate of drug-likeness (QED) is 0.341. The van der Waals surface area contributed by atoms with E-state index < -0.39 is 41.8 Å². The van der Waals surface area contributed by atoms with Gasteiger partial charge >= 0.3 is 12.5 Å². The van der Waals surface area contributed by atoms with Crippen LogP contribution in [0.5, 0.6) is 5.75 Å². The summed E-state index contributed by atoms with van der Waals surface area (Å²) < 4.78 is 81.5. The van der Waals surface area contributed by atoms with Gasteiger partial charge < -0.3 is 4.74 Å². The molecule has 36 heavy (non-hydrogen) atoms. The number of nitrogens with zero attached hydrogens (tertiary/aromatic N) is 2. The molecule has 0 radical (unpaired) electrons. The van der Waals surface area contributed by atoms with Crippen LogP contribution in [-0.2, 0) is 11.0 Å². The molecule has 1 unspecified atom stereocenters. The first kappa shape index (κ1) is 25.3. The van der Waals surface area contributed by atoms with Crippen molar-refractivity contribution < 1.29 is 35.9 Å². The van der Waals surface area contributed by atoms with Crippen LogP contribution in [0.2, 0.25) is 0 Å².